The van der Waals surface area contributed by atoms with E-state index in [0.717, 1.165) is 21.5 Å². The highest BCUT2D eigenvalue weighted by molar-refractivity contribution is 7.16. The summed E-state index contributed by atoms with van der Waals surface area (Å²) in [6.07, 6.45) is 0. The third-order valence-corrected chi connectivity index (χ3v) is 8.02. The maximum atomic E-state index is 12.9. The van der Waals surface area contributed by atoms with Crippen LogP contribution in [0.1, 0.15) is 13.8 Å². The molecule has 4 heterocycles. The maximum absolute atomic E-state index is 12.9. The van der Waals surface area contributed by atoms with Gasteiger partial charge in [-0.25, -0.2) is 4.99 Å². The zero-order chi connectivity index (χ0) is 26.4. The quantitative estimate of drug-likeness (QED) is 0.191. The smallest absolute Gasteiger partial charge is 0.318 e. The van der Waals surface area contributed by atoms with Crippen LogP contribution in [0.4, 0.5) is 10.0 Å². The van der Waals surface area contributed by atoms with Crippen molar-refractivity contribution in [3.63, 3.8) is 0 Å². The number of ether oxygens (including phenoxy) is 1. The molecule has 1 atom stereocenters. The van der Waals surface area contributed by atoms with Crippen LogP contribution < -0.4 is 16.4 Å². The van der Waals surface area contributed by atoms with E-state index in [1.807, 2.05) is 59.3 Å². The summed E-state index contributed by atoms with van der Waals surface area (Å²) in [6, 6.07) is 15.2. The van der Waals surface area contributed by atoms with Crippen LogP contribution in [0.15, 0.2) is 73.1 Å². The molecule has 0 bridgehead atoms. The average Bonchev–Trinajstić information content (AvgIpc) is 3.54. The van der Waals surface area contributed by atoms with E-state index in [9.17, 15) is 9.59 Å². The highest BCUT2D eigenvalue weighted by atomic mass is 32.1. The molecular weight excluding hydrogens is 522 g/mol. The topological polar surface area (TPSA) is 118 Å². The third kappa shape index (κ3) is 3.98. The lowest BCUT2D eigenvalue weighted by Gasteiger charge is -2.10. The molecule has 6 rings (SSSR count). The Balaban J connectivity index is 1.57. The Bertz CT molecular complexity index is 2010. The van der Waals surface area contributed by atoms with Crippen molar-refractivity contribution in [1.82, 2.24) is 0 Å². The van der Waals surface area contributed by atoms with Gasteiger partial charge < -0.3 is 18.9 Å². The van der Waals surface area contributed by atoms with Gasteiger partial charge in [-0.1, -0.05) is 36.4 Å². The van der Waals surface area contributed by atoms with Crippen molar-refractivity contribution in [2.75, 3.05) is 11.9 Å². The predicted octanol–water partition coefficient (Wildman–Crippen LogP) is 6.46. The Labute approximate surface area is 223 Å². The van der Waals surface area contributed by atoms with Gasteiger partial charge in [-0.05, 0) is 26.0 Å². The summed E-state index contributed by atoms with van der Waals surface area (Å²) in [5.74, 6) is -2.05. The zero-order valence-electron chi connectivity index (χ0n) is 20.4. The fourth-order valence-electron chi connectivity index (χ4n) is 4.35. The van der Waals surface area contributed by atoms with Crippen molar-refractivity contribution in [3.8, 4) is 0 Å². The molecule has 0 radical (unpaired) electrons. The van der Waals surface area contributed by atoms with E-state index in [1.165, 1.54) is 29.6 Å². The Kier molecular flexibility index (Phi) is 6.05. The molecule has 0 aliphatic rings. The van der Waals surface area contributed by atoms with Crippen LogP contribution in [-0.4, -0.2) is 18.5 Å². The first-order valence-corrected chi connectivity index (χ1v) is 13.6. The van der Waals surface area contributed by atoms with Gasteiger partial charge in [0.2, 0.25) is 17.0 Å². The number of nitrogens with one attached hydrogen (secondary N) is 2. The summed E-state index contributed by atoms with van der Waals surface area (Å²) in [5, 5.41) is 21.1. The van der Waals surface area contributed by atoms with Crippen molar-refractivity contribution in [2.45, 2.75) is 13.8 Å². The van der Waals surface area contributed by atoms with Gasteiger partial charge in [0.1, 0.15) is 27.1 Å². The number of fused-ring (bicyclic) bond motifs is 6. The highest BCUT2D eigenvalue weighted by Crippen LogP contribution is 2.37. The number of nitrogens with zero attached hydrogens (tertiary/aromatic N) is 1. The SMILES string of the molecule is CCOC(=O)C(C)C(=O)Nc1scc2c1/c(=N/c1scc3c1c(=N)oc1ccccc13)oc1ccccc12. The molecule has 0 aliphatic carbocycles. The Hall–Kier alpha value is -4.28. The van der Waals surface area contributed by atoms with Crippen LogP contribution in [0, 0.1) is 11.3 Å². The first-order chi connectivity index (χ1) is 18.5. The Morgan fingerprint density at radius 1 is 0.947 bits per heavy atom. The molecule has 8 nitrogen and oxygen atoms in total. The normalized spacial score (nSPS) is 12.9. The van der Waals surface area contributed by atoms with E-state index in [2.05, 4.69) is 5.32 Å². The third-order valence-electron chi connectivity index (χ3n) is 6.25. The second-order valence-corrected chi connectivity index (χ2v) is 10.3. The first-order valence-electron chi connectivity index (χ1n) is 11.9. The molecule has 2 N–H and O–H groups in total. The van der Waals surface area contributed by atoms with Gasteiger partial charge in [-0.2, -0.15) is 0 Å². The number of hydrogen-bond donors (Lipinski definition) is 2. The number of anilines is 1. The van der Waals surface area contributed by atoms with Crippen LogP contribution in [0.5, 0.6) is 0 Å². The van der Waals surface area contributed by atoms with Gasteiger partial charge in [-0.15, -0.1) is 22.7 Å². The van der Waals surface area contributed by atoms with Crippen LogP contribution in [0.3, 0.4) is 0 Å². The van der Waals surface area contributed by atoms with Crippen molar-refractivity contribution < 1.29 is 23.2 Å². The second-order valence-electron chi connectivity index (χ2n) is 8.59. The van der Waals surface area contributed by atoms with E-state index in [1.54, 1.807) is 6.92 Å². The largest absolute Gasteiger partial charge is 0.465 e. The lowest BCUT2D eigenvalue weighted by atomic mass is 10.1. The number of thiophene rings is 2. The molecule has 0 aliphatic heterocycles. The molecule has 6 aromatic rings. The van der Waals surface area contributed by atoms with Gasteiger partial charge in [0.25, 0.3) is 0 Å². The molecule has 38 heavy (non-hydrogen) atoms. The van der Waals surface area contributed by atoms with Crippen molar-refractivity contribution in [3.05, 3.63) is 70.4 Å². The average molecular weight is 544 g/mol. The maximum Gasteiger partial charge on any atom is 0.318 e. The van der Waals surface area contributed by atoms with Gasteiger partial charge >= 0.3 is 5.97 Å². The number of hydrogen-bond acceptors (Lipinski definition) is 9. The van der Waals surface area contributed by atoms with Crippen LogP contribution >= 0.6 is 22.7 Å². The van der Waals surface area contributed by atoms with E-state index in [4.69, 9.17) is 24.0 Å². The summed E-state index contributed by atoms with van der Waals surface area (Å²) in [7, 11) is 0. The fraction of sp³-hybridized carbons (Fsp3) is 0.143. The second kappa shape index (κ2) is 9.55. The van der Waals surface area contributed by atoms with Crippen molar-refractivity contribution in [1.29, 1.82) is 5.41 Å². The van der Waals surface area contributed by atoms with Crippen LogP contribution in [0.2, 0.25) is 0 Å². The molecular formula is C28H21N3O5S2. The van der Waals surface area contributed by atoms with Gasteiger partial charge in [0.05, 0.1) is 17.4 Å². The lowest BCUT2D eigenvalue weighted by Crippen LogP contribution is -2.28. The molecule has 10 heteroatoms. The van der Waals surface area contributed by atoms with E-state index >= 15 is 0 Å². The number of para-hydroxylation sites is 2. The fourth-order valence-corrected chi connectivity index (χ4v) is 6.23. The minimum atomic E-state index is -0.980. The number of carbonyl (C=O) groups excluding carboxylic acids is 2. The molecule has 2 aromatic carbocycles. The van der Waals surface area contributed by atoms with E-state index in [0.29, 0.717) is 31.9 Å². The lowest BCUT2D eigenvalue weighted by molar-refractivity contribution is -0.150. The van der Waals surface area contributed by atoms with E-state index < -0.39 is 17.8 Å². The predicted molar refractivity (Wildman–Crippen MR) is 149 cm³/mol. The summed E-state index contributed by atoms with van der Waals surface area (Å²) >= 11 is 2.71. The number of benzene rings is 2. The molecule has 0 saturated heterocycles. The summed E-state index contributed by atoms with van der Waals surface area (Å²) in [5.41, 5.74) is 1.57. The van der Waals surface area contributed by atoms with Gasteiger partial charge in [0.15, 0.2) is 0 Å². The molecule has 0 fully saturated rings. The monoisotopic (exact) mass is 543 g/mol. The minimum Gasteiger partial charge on any atom is -0.465 e. The number of carbonyl (C=O) groups is 2. The molecule has 0 saturated carbocycles. The van der Waals surface area contributed by atoms with Crippen molar-refractivity contribution >= 4 is 88.0 Å². The van der Waals surface area contributed by atoms with Crippen LogP contribution in [-0.2, 0) is 14.3 Å². The zero-order valence-corrected chi connectivity index (χ0v) is 22.0. The number of rotatable bonds is 5. The summed E-state index contributed by atoms with van der Waals surface area (Å²) < 4.78 is 17.1. The van der Waals surface area contributed by atoms with Gasteiger partial charge in [-0.3, -0.25) is 15.0 Å². The highest BCUT2D eigenvalue weighted by Gasteiger charge is 2.25. The molecule has 190 valence electrons. The minimum absolute atomic E-state index is 0.0119. The molecule has 1 amide bonds. The van der Waals surface area contributed by atoms with Crippen LogP contribution in [0.25, 0.3) is 43.5 Å². The van der Waals surface area contributed by atoms with E-state index in [-0.39, 0.29) is 17.7 Å². The summed E-state index contributed by atoms with van der Waals surface area (Å²) in [4.78, 5) is 29.9. The van der Waals surface area contributed by atoms with Crippen molar-refractivity contribution in [2.24, 2.45) is 10.9 Å². The summed E-state index contributed by atoms with van der Waals surface area (Å²) in [6.45, 7) is 3.40. The number of amides is 1. The standard InChI is InChI=1S/C28H21N3O5S2/c1-3-34-28(33)14(2)24(32)30-27-22-18(13-38-27)16-9-5-7-11-20(16)36-25(22)31-26-21-17(12-37-26)15-8-4-6-10-19(15)35-23(21)29/h4-14,29H,3H2,1-2H3,(H,30,32)/b29-23?,31-25-. The Morgan fingerprint density at radius 2 is 1.58 bits per heavy atom. The van der Waals surface area contributed by atoms with Gasteiger partial charge in [0, 0.05) is 32.3 Å². The first kappa shape index (κ1) is 24.1. The number of esters is 1. The molecule has 0 spiro atoms. The Morgan fingerprint density at radius 3 is 2.29 bits per heavy atom. The molecule has 4 aromatic heterocycles. The molecule has 1 unspecified atom stereocenters.